The first-order valence-corrected chi connectivity index (χ1v) is 7.85. The summed E-state index contributed by atoms with van der Waals surface area (Å²) < 4.78 is 3.43. The molecule has 3 rings (SSSR count). The van der Waals surface area contributed by atoms with E-state index in [1.807, 2.05) is 30.5 Å². The van der Waals surface area contributed by atoms with Gasteiger partial charge in [0.2, 0.25) is 0 Å². The van der Waals surface area contributed by atoms with Crippen LogP contribution in [0.3, 0.4) is 0 Å². The SMILES string of the molecule is Clc1sc(CNc2ccc(-n3cccn3)nc2)cc1Br. The summed E-state index contributed by atoms with van der Waals surface area (Å²) in [5.74, 6) is 0.794. The van der Waals surface area contributed by atoms with Crippen LogP contribution in [0.5, 0.6) is 0 Å². The van der Waals surface area contributed by atoms with Gasteiger partial charge in [0, 0.05) is 28.3 Å². The Bertz CT molecular complexity index is 674. The molecule has 0 saturated carbocycles. The van der Waals surface area contributed by atoms with Gasteiger partial charge in [-0.25, -0.2) is 9.67 Å². The Hall–Kier alpha value is -1.37. The summed E-state index contributed by atoms with van der Waals surface area (Å²) in [5, 5.41) is 7.45. The standard InChI is InChI=1S/C13H10BrClN4S/c14-11-6-10(20-13(11)15)8-16-9-2-3-12(17-7-9)19-5-1-4-18-19/h1-7,16H,8H2. The number of aromatic nitrogens is 3. The molecule has 1 N–H and O–H groups in total. The van der Waals surface area contributed by atoms with Crippen LogP contribution in [0, 0.1) is 0 Å². The molecule has 0 aliphatic heterocycles. The molecule has 0 radical (unpaired) electrons. The van der Waals surface area contributed by atoms with Gasteiger partial charge < -0.3 is 5.32 Å². The van der Waals surface area contributed by atoms with E-state index in [1.165, 1.54) is 0 Å². The van der Waals surface area contributed by atoms with E-state index >= 15 is 0 Å². The molecule has 4 nitrogen and oxygen atoms in total. The number of halogens is 2. The third-order valence-corrected chi connectivity index (χ3v) is 5.12. The number of rotatable bonds is 4. The zero-order chi connectivity index (χ0) is 13.9. The first-order chi connectivity index (χ1) is 9.72. The number of anilines is 1. The van der Waals surface area contributed by atoms with E-state index in [0.717, 1.165) is 31.7 Å². The van der Waals surface area contributed by atoms with Gasteiger partial charge in [-0.2, -0.15) is 5.10 Å². The van der Waals surface area contributed by atoms with Crippen LogP contribution in [0.2, 0.25) is 4.34 Å². The average Bonchev–Trinajstić information content (AvgIpc) is 3.08. The smallest absolute Gasteiger partial charge is 0.153 e. The second-order valence-corrected chi connectivity index (χ2v) is 6.64. The molecule has 0 unspecified atom stereocenters. The van der Waals surface area contributed by atoms with E-state index in [1.54, 1.807) is 28.4 Å². The van der Waals surface area contributed by atoms with Gasteiger partial charge in [0.05, 0.1) is 11.9 Å². The van der Waals surface area contributed by atoms with E-state index in [0.29, 0.717) is 0 Å². The maximum Gasteiger partial charge on any atom is 0.153 e. The number of nitrogens with zero attached hydrogens (tertiary/aromatic N) is 3. The molecule has 0 spiro atoms. The highest BCUT2D eigenvalue weighted by Crippen LogP contribution is 2.32. The van der Waals surface area contributed by atoms with Gasteiger partial charge in [-0.1, -0.05) is 11.6 Å². The predicted molar refractivity (Wildman–Crippen MR) is 85.7 cm³/mol. The zero-order valence-corrected chi connectivity index (χ0v) is 13.4. The minimum atomic E-state index is 0.721. The molecule has 0 fully saturated rings. The first-order valence-electron chi connectivity index (χ1n) is 5.86. The molecule has 0 bridgehead atoms. The number of pyridine rings is 1. The number of nitrogens with one attached hydrogen (secondary N) is 1. The fourth-order valence-electron chi connectivity index (χ4n) is 1.70. The summed E-state index contributed by atoms with van der Waals surface area (Å²) in [6, 6.07) is 7.79. The highest BCUT2D eigenvalue weighted by molar-refractivity contribution is 9.10. The normalized spacial score (nSPS) is 10.7. The lowest BCUT2D eigenvalue weighted by Crippen LogP contribution is -2.01. The summed E-state index contributed by atoms with van der Waals surface area (Å²) in [7, 11) is 0. The summed E-state index contributed by atoms with van der Waals surface area (Å²) in [6.45, 7) is 0.721. The third-order valence-electron chi connectivity index (χ3n) is 2.65. The van der Waals surface area contributed by atoms with Crippen LogP contribution in [-0.2, 0) is 6.54 Å². The third kappa shape index (κ3) is 3.03. The van der Waals surface area contributed by atoms with E-state index in [2.05, 4.69) is 31.3 Å². The Morgan fingerprint density at radius 3 is 2.90 bits per heavy atom. The minimum absolute atomic E-state index is 0.721. The topological polar surface area (TPSA) is 42.7 Å². The van der Waals surface area contributed by atoms with Crippen LogP contribution in [0.1, 0.15) is 4.88 Å². The van der Waals surface area contributed by atoms with E-state index < -0.39 is 0 Å². The molecular formula is C13H10BrClN4S. The average molecular weight is 370 g/mol. The molecule has 0 saturated heterocycles. The molecule has 3 heterocycles. The van der Waals surface area contributed by atoms with Crippen molar-refractivity contribution in [3.63, 3.8) is 0 Å². The van der Waals surface area contributed by atoms with Gasteiger partial charge in [0.25, 0.3) is 0 Å². The largest absolute Gasteiger partial charge is 0.379 e. The monoisotopic (exact) mass is 368 g/mol. The quantitative estimate of drug-likeness (QED) is 0.743. The van der Waals surface area contributed by atoms with Gasteiger partial charge in [0.15, 0.2) is 5.82 Å². The van der Waals surface area contributed by atoms with Gasteiger partial charge in [0.1, 0.15) is 4.34 Å². The Balaban J connectivity index is 1.66. The second-order valence-electron chi connectivity index (χ2n) is 4.04. The lowest BCUT2D eigenvalue weighted by atomic mass is 10.4. The van der Waals surface area contributed by atoms with Gasteiger partial charge >= 0.3 is 0 Å². The molecule has 0 aromatic carbocycles. The summed E-state index contributed by atoms with van der Waals surface area (Å²) in [4.78, 5) is 5.53. The predicted octanol–water partition coefficient (Wildman–Crippen LogP) is 4.36. The summed E-state index contributed by atoms with van der Waals surface area (Å²) in [6.07, 6.45) is 5.38. The minimum Gasteiger partial charge on any atom is -0.379 e. The van der Waals surface area contributed by atoms with Crippen molar-refractivity contribution in [1.82, 2.24) is 14.8 Å². The van der Waals surface area contributed by atoms with Crippen molar-refractivity contribution in [3.05, 3.63) is 56.5 Å². The lowest BCUT2D eigenvalue weighted by molar-refractivity contribution is 0.847. The summed E-state index contributed by atoms with van der Waals surface area (Å²) in [5.41, 5.74) is 0.960. The molecule has 20 heavy (non-hydrogen) atoms. The van der Waals surface area contributed by atoms with E-state index in [-0.39, 0.29) is 0 Å². The van der Waals surface area contributed by atoms with Crippen LogP contribution in [0.4, 0.5) is 5.69 Å². The lowest BCUT2D eigenvalue weighted by Gasteiger charge is -2.05. The molecule has 0 aliphatic rings. The second kappa shape index (κ2) is 5.95. The van der Waals surface area contributed by atoms with Crippen LogP contribution >= 0.6 is 38.9 Å². The van der Waals surface area contributed by atoms with Gasteiger partial charge in [-0.05, 0) is 40.2 Å². The zero-order valence-electron chi connectivity index (χ0n) is 10.3. The molecule has 7 heteroatoms. The fourth-order valence-corrected chi connectivity index (χ4v) is 3.43. The highest BCUT2D eigenvalue weighted by atomic mass is 79.9. The van der Waals surface area contributed by atoms with E-state index in [4.69, 9.17) is 11.6 Å². The summed E-state index contributed by atoms with van der Waals surface area (Å²) >= 11 is 11.0. The van der Waals surface area contributed by atoms with Crippen molar-refractivity contribution in [2.24, 2.45) is 0 Å². The van der Waals surface area contributed by atoms with Crippen molar-refractivity contribution in [1.29, 1.82) is 0 Å². The van der Waals surface area contributed by atoms with Crippen molar-refractivity contribution < 1.29 is 0 Å². The highest BCUT2D eigenvalue weighted by Gasteiger charge is 2.04. The van der Waals surface area contributed by atoms with Crippen molar-refractivity contribution in [2.75, 3.05) is 5.32 Å². The van der Waals surface area contributed by atoms with Crippen LogP contribution in [-0.4, -0.2) is 14.8 Å². The Kier molecular flexibility index (Phi) is 4.05. The maximum absolute atomic E-state index is 6.01. The Morgan fingerprint density at radius 1 is 1.40 bits per heavy atom. The van der Waals surface area contributed by atoms with Crippen molar-refractivity contribution >= 4 is 44.6 Å². The van der Waals surface area contributed by atoms with Crippen LogP contribution < -0.4 is 5.32 Å². The Morgan fingerprint density at radius 2 is 2.30 bits per heavy atom. The van der Waals surface area contributed by atoms with Gasteiger partial charge in [-0.3, -0.25) is 0 Å². The molecule has 102 valence electrons. The molecule has 3 aromatic heterocycles. The number of thiophene rings is 1. The molecular weight excluding hydrogens is 360 g/mol. The fraction of sp³-hybridized carbons (Fsp3) is 0.0769. The van der Waals surface area contributed by atoms with Gasteiger partial charge in [-0.15, -0.1) is 11.3 Å². The molecule has 0 aliphatic carbocycles. The van der Waals surface area contributed by atoms with Crippen molar-refractivity contribution in [3.8, 4) is 5.82 Å². The maximum atomic E-state index is 6.01. The van der Waals surface area contributed by atoms with Crippen molar-refractivity contribution in [2.45, 2.75) is 6.54 Å². The number of hydrogen-bond acceptors (Lipinski definition) is 4. The molecule has 3 aromatic rings. The van der Waals surface area contributed by atoms with Crippen LogP contribution in [0.15, 0.2) is 47.3 Å². The first kappa shape index (κ1) is 13.6. The molecule has 0 amide bonds. The molecule has 0 atom stereocenters. The van der Waals surface area contributed by atoms with Crippen LogP contribution in [0.25, 0.3) is 5.82 Å². The Labute approximate surface area is 133 Å². The number of hydrogen-bond donors (Lipinski definition) is 1. The van der Waals surface area contributed by atoms with E-state index in [9.17, 15) is 0 Å².